The van der Waals surface area contributed by atoms with E-state index >= 15 is 0 Å². The summed E-state index contributed by atoms with van der Waals surface area (Å²) in [4.78, 5) is 0. The number of aliphatic hydroxyl groups excluding tert-OH is 2. The molecule has 3 nitrogen and oxygen atoms in total. The first kappa shape index (κ1) is 12.2. The van der Waals surface area contributed by atoms with Gasteiger partial charge in [-0.25, -0.2) is 0 Å². The minimum atomic E-state index is -0.294. The molecule has 1 fully saturated rings. The standard InChI is InChI=1S/C15H23NO2/c17-14-8-4-6-12-11(14)9-10-16(12)13-5-2-1-3-7-15(13)18/h9-10,13-15,17-18H,1-8H2. The summed E-state index contributed by atoms with van der Waals surface area (Å²) < 4.78 is 2.26. The minimum Gasteiger partial charge on any atom is -0.391 e. The maximum Gasteiger partial charge on any atom is 0.0807 e. The fourth-order valence-electron chi connectivity index (χ4n) is 3.59. The Morgan fingerprint density at radius 3 is 2.72 bits per heavy atom. The smallest absolute Gasteiger partial charge is 0.0807 e. The lowest BCUT2D eigenvalue weighted by atomic mass is 9.94. The molecule has 0 saturated heterocycles. The molecule has 18 heavy (non-hydrogen) atoms. The van der Waals surface area contributed by atoms with Crippen molar-refractivity contribution in [3.8, 4) is 0 Å². The molecule has 2 N–H and O–H groups in total. The molecule has 0 amide bonds. The van der Waals surface area contributed by atoms with Gasteiger partial charge in [-0.05, 0) is 38.2 Å². The van der Waals surface area contributed by atoms with E-state index in [0.29, 0.717) is 0 Å². The van der Waals surface area contributed by atoms with Gasteiger partial charge in [0.1, 0.15) is 0 Å². The van der Waals surface area contributed by atoms with Crippen LogP contribution in [-0.4, -0.2) is 20.9 Å². The third kappa shape index (κ3) is 2.10. The number of aromatic nitrogens is 1. The third-order valence-electron chi connectivity index (χ3n) is 4.61. The quantitative estimate of drug-likeness (QED) is 0.752. The largest absolute Gasteiger partial charge is 0.391 e. The Hall–Kier alpha value is -0.800. The van der Waals surface area contributed by atoms with Crippen molar-refractivity contribution in [3.63, 3.8) is 0 Å². The lowest BCUT2D eigenvalue weighted by Crippen LogP contribution is -2.25. The van der Waals surface area contributed by atoms with Crippen LogP contribution in [-0.2, 0) is 6.42 Å². The summed E-state index contributed by atoms with van der Waals surface area (Å²) >= 11 is 0. The van der Waals surface area contributed by atoms with Crippen LogP contribution in [0.2, 0.25) is 0 Å². The fourth-order valence-corrected chi connectivity index (χ4v) is 3.59. The highest BCUT2D eigenvalue weighted by atomic mass is 16.3. The highest BCUT2D eigenvalue weighted by molar-refractivity contribution is 5.28. The summed E-state index contributed by atoms with van der Waals surface area (Å²) in [6.07, 6.45) is 10.1. The first-order chi connectivity index (χ1) is 8.77. The number of nitrogens with zero attached hydrogens (tertiary/aromatic N) is 1. The van der Waals surface area contributed by atoms with E-state index in [1.165, 1.54) is 18.5 Å². The van der Waals surface area contributed by atoms with E-state index in [-0.39, 0.29) is 18.2 Å². The molecule has 3 unspecified atom stereocenters. The molecule has 1 aromatic heterocycles. The van der Waals surface area contributed by atoms with Crippen molar-refractivity contribution in [2.24, 2.45) is 0 Å². The van der Waals surface area contributed by atoms with Gasteiger partial charge in [0.05, 0.1) is 18.2 Å². The molecule has 3 atom stereocenters. The molecular weight excluding hydrogens is 226 g/mol. The molecule has 1 aromatic rings. The zero-order valence-corrected chi connectivity index (χ0v) is 10.9. The first-order valence-corrected chi connectivity index (χ1v) is 7.33. The highest BCUT2D eigenvalue weighted by Gasteiger charge is 2.28. The van der Waals surface area contributed by atoms with Crippen LogP contribution < -0.4 is 0 Å². The van der Waals surface area contributed by atoms with Crippen LogP contribution >= 0.6 is 0 Å². The fraction of sp³-hybridized carbons (Fsp3) is 0.733. The Morgan fingerprint density at radius 1 is 1.00 bits per heavy atom. The van der Waals surface area contributed by atoms with E-state index in [4.69, 9.17) is 0 Å². The molecule has 1 saturated carbocycles. The maximum atomic E-state index is 10.3. The molecule has 0 radical (unpaired) electrons. The average Bonchev–Trinajstić information content (AvgIpc) is 2.68. The van der Waals surface area contributed by atoms with Crippen molar-refractivity contribution in [3.05, 3.63) is 23.5 Å². The third-order valence-corrected chi connectivity index (χ3v) is 4.61. The number of hydrogen-bond acceptors (Lipinski definition) is 2. The Bertz CT molecular complexity index is 413. The predicted octanol–water partition coefficient (Wildman–Crippen LogP) is 2.72. The van der Waals surface area contributed by atoms with E-state index < -0.39 is 0 Å². The molecule has 0 aliphatic heterocycles. The lowest BCUT2D eigenvalue weighted by molar-refractivity contribution is 0.102. The number of hydrogen-bond donors (Lipinski definition) is 2. The van der Waals surface area contributed by atoms with Crippen molar-refractivity contribution in [2.75, 3.05) is 0 Å². The molecule has 100 valence electrons. The Labute approximate surface area is 108 Å². The summed E-state index contributed by atoms with van der Waals surface area (Å²) in [6, 6.07) is 2.28. The second kappa shape index (κ2) is 5.06. The first-order valence-electron chi connectivity index (χ1n) is 7.33. The number of aliphatic hydroxyl groups is 2. The van der Waals surface area contributed by atoms with Crippen LogP contribution in [0.15, 0.2) is 12.3 Å². The summed E-state index contributed by atoms with van der Waals surface area (Å²) in [5.41, 5.74) is 2.36. The average molecular weight is 249 g/mol. The van der Waals surface area contributed by atoms with E-state index in [0.717, 1.165) is 44.1 Å². The molecule has 2 aliphatic rings. The van der Waals surface area contributed by atoms with E-state index in [9.17, 15) is 10.2 Å². The van der Waals surface area contributed by atoms with Crippen LogP contribution in [0.25, 0.3) is 0 Å². The summed E-state index contributed by atoms with van der Waals surface area (Å²) in [6.45, 7) is 0. The van der Waals surface area contributed by atoms with Crippen LogP contribution in [0, 0.1) is 0 Å². The minimum absolute atomic E-state index is 0.219. The van der Waals surface area contributed by atoms with E-state index in [1.54, 1.807) is 0 Å². The predicted molar refractivity (Wildman–Crippen MR) is 70.5 cm³/mol. The summed E-state index contributed by atoms with van der Waals surface area (Å²) in [5.74, 6) is 0. The second-order valence-electron chi connectivity index (χ2n) is 5.81. The van der Waals surface area contributed by atoms with Gasteiger partial charge in [-0.2, -0.15) is 0 Å². The zero-order chi connectivity index (χ0) is 12.5. The van der Waals surface area contributed by atoms with Gasteiger partial charge in [-0.15, -0.1) is 0 Å². The monoisotopic (exact) mass is 249 g/mol. The number of rotatable bonds is 1. The van der Waals surface area contributed by atoms with Gasteiger partial charge in [0, 0.05) is 17.5 Å². The molecule has 1 heterocycles. The Balaban J connectivity index is 1.91. The van der Waals surface area contributed by atoms with Gasteiger partial charge in [0.25, 0.3) is 0 Å². The topological polar surface area (TPSA) is 45.4 Å². The molecule has 3 rings (SSSR count). The van der Waals surface area contributed by atoms with Gasteiger partial charge in [-0.3, -0.25) is 0 Å². The molecule has 0 aromatic carbocycles. The molecule has 3 heteroatoms. The Morgan fingerprint density at radius 2 is 1.83 bits per heavy atom. The van der Waals surface area contributed by atoms with Crippen molar-refractivity contribution in [1.82, 2.24) is 4.57 Å². The van der Waals surface area contributed by atoms with Crippen molar-refractivity contribution in [1.29, 1.82) is 0 Å². The maximum absolute atomic E-state index is 10.3. The number of fused-ring (bicyclic) bond motifs is 1. The molecular formula is C15H23NO2. The van der Waals surface area contributed by atoms with Crippen molar-refractivity contribution >= 4 is 0 Å². The van der Waals surface area contributed by atoms with E-state index in [1.807, 2.05) is 0 Å². The van der Waals surface area contributed by atoms with Crippen LogP contribution in [0.5, 0.6) is 0 Å². The summed E-state index contributed by atoms with van der Waals surface area (Å²) in [7, 11) is 0. The molecule has 0 bridgehead atoms. The second-order valence-corrected chi connectivity index (χ2v) is 5.81. The molecule has 2 aliphatic carbocycles. The molecule has 0 spiro atoms. The van der Waals surface area contributed by atoms with Gasteiger partial charge >= 0.3 is 0 Å². The highest BCUT2D eigenvalue weighted by Crippen LogP contribution is 2.35. The zero-order valence-electron chi connectivity index (χ0n) is 10.9. The Kier molecular flexibility index (Phi) is 3.44. The van der Waals surface area contributed by atoms with Crippen LogP contribution in [0.3, 0.4) is 0 Å². The van der Waals surface area contributed by atoms with Gasteiger partial charge in [-0.1, -0.05) is 19.3 Å². The van der Waals surface area contributed by atoms with Gasteiger partial charge < -0.3 is 14.8 Å². The normalized spacial score (nSPS) is 32.9. The van der Waals surface area contributed by atoms with Crippen LogP contribution in [0.4, 0.5) is 0 Å². The lowest BCUT2D eigenvalue weighted by Gasteiger charge is -2.27. The van der Waals surface area contributed by atoms with Crippen molar-refractivity contribution < 1.29 is 10.2 Å². The van der Waals surface area contributed by atoms with Gasteiger partial charge in [0.2, 0.25) is 0 Å². The SMILES string of the molecule is OC1CCCc2c1ccn2C1CCCCCC1O. The van der Waals surface area contributed by atoms with Crippen molar-refractivity contribution in [2.45, 2.75) is 69.6 Å². The van der Waals surface area contributed by atoms with Crippen LogP contribution in [0.1, 0.15) is 68.3 Å². The van der Waals surface area contributed by atoms with Gasteiger partial charge in [0.15, 0.2) is 0 Å². The summed E-state index contributed by atoms with van der Waals surface area (Å²) in [5, 5.41) is 20.3. The van der Waals surface area contributed by atoms with E-state index in [2.05, 4.69) is 16.8 Å².